The molecule has 0 radical (unpaired) electrons. The highest BCUT2D eigenvalue weighted by Crippen LogP contribution is 2.45. The van der Waals surface area contributed by atoms with E-state index in [1.807, 2.05) is 41.9 Å². The third-order valence-electron chi connectivity index (χ3n) is 4.44. The average Bonchev–Trinajstić information content (AvgIpc) is 3.41. The largest absolute Gasteiger partial charge is 0.484 e. The van der Waals surface area contributed by atoms with Gasteiger partial charge in [-0.25, -0.2) is 4.98 Å². The zero-order chi connectivity index (χ0) is 20.1. The second-order valence-electron chi connectivity index (χ2n) is 6.77. The number of benzene rings is 2. The van der Waals surface area contributed by atoms with Crippen LogP contribution >= 0.6 is 34.9 Å². The fraction of sp³-hybridized carbons (Fsp3) is 0.273. The molecule has 0 atom stereocenters. The maximum Gasteiger partial charge on any atom is 0.264 e. The molecule has 0 saturated carbocycles. The molecule has 29 heavy (non-hydrogen) atoms. The van der Waals surface area contributed by atoms with Crippen LogP contribution in [0.5, 0.6) is 5.75 Å². The Morgan fingerprint density at radius 2 is 1.83 bits per heavy atom. The van der Waals surface area contributed by atoms with Crippen molar-refractivity contribution in [3.05, 3.63) is 76.3 Å². The SMILES string of the molecule is Cc1ccc(Cc2cnc(NC(=O)COc3ccc(C4SCCS4)cc3)s2)cc1. The number of carbonyl (C=O) groups is 1. The molecule has 1 aromatic heterocycles. The molecule has 1 saturated heterocycles. The number of nitrogens with one attached hydrogen (secondary N) is 1. The van der Waals surface area contributed by atoms with Crippen molar-refractivity contribution in [2.45, 2.75) is 17.9 Å². The minimum Gasteiger partial charge on any atom is -0.484 e. The Kier molecular flexibility index (Phi) is 6.79. The number of carbonyl (C=O) groups excluding carboxylic acids is 1. The van der Waals surface area contributed by atoms with Gasteiger partial charge in [0.15, 0.2) is 11.7 Å². The maximum atomic E-state index is 12.2. The maximum absolute atomic E-state index is 12.2. The quantitative estimate of drug-likeness (QED) is 0.521. The number of aromatic nitrogens is 1. The molecule has 0 spiro atoms. The van der Waals surface area contributed by atoms with Crippen molar-refractivity contribution in [1.82, 2.24) is 4.98 Å². The number of amides is 1. The Labute approximate surface area is 183 Å². The van der Waals surface area contributed by atoms with Crippen LogP contribution in [0.25, 0.3) is 0 Å². The molecule has 4 rings (SSSR count). The minimum absolute atomic E-state index is 0.0286. The summed E-state index contributed by atoms with van der Waals surface area (Å²) in [6.07, 6.45) is 2.63. The third kappa shape index (κ3) is 5.78. The smallest absolute Gasteiger partial charge is 0.264 e. The Morgan fingerprint density at radius 1 is 1.10 bits per heavy atom. The van der Waals surface area contributed by atoms with Crippen LogP contribution in [0.15, 0.2) is 54.7 Å². The first-order chi connectivity index (χ1) is 14.2. The normalized spacial score (nSPS) is 14.1. The Morgan fingerprint density at radius 3 is 2.55 bits per heavy atom. The summed E-state index contributed by atoms with van der Waals surface area (Å²) in [4.78, 5) is 17.6. The van der Waals surface area contributed by atoms with Gasteiger partial charge in [-0.3, -0.25) is 10.1 Å². The van der Waals surface area contributed by atoms with Gasteiger partial charge in [-0.05, 0) is 30.2 Å². The summed E-state index contributed by atoms with van der Waals surface area (Å²) in [5.74, 6) is 2.91. The van der Waals surface area contributed by atoms with Crippen LogP contribution in [0.3, 0.4) is 0 Å². The molecule has 0 bridgehead atoms. The van der Waals surface area contributed by atoms with Crippen molar-refractivity contribution in [3.8, 4) is 5.75 Å². The van der Waals surface area contributed by atoms with Crippen LogP contribution in [0, 0.1) is 6.92 Å². The van der Waals surface area contributed by atoms with Crippen molar-refractivity contribution in [2.24, 2.45) is 0 Å². The van der Waals surface area contributed by atoms with E-state index in [1.165, 1.54) is 39.5 Å². The van der Waals surface area contributed by atoms with Crippen molar-refractivity contribution >= 4 is 45.9 Å². The van der Waals surface area contributed by atoms with Gasteiger partial charge >= 0.3 is 0 Å². The second-order valence-corrected chi connectivity index (χ2v) is 10.6. The van der Waals surface area contributed by atoms with E-state index in [4.69, 9.17) is 4.74 Å². The average molecular weight is 443 g/mol. The van der Waals surface area contributed by atoms with Crippen LogP contribution in [0.2, 0.25) is 0 Å². The molecule has 1 amide bonds. The number of hydrogen-bond acceptors (Lipinski definition) is 6. The number of nitrogens with zero attached hydrogens (tertiary/aromatic N) is 1. The van der Waals surface area contributed by atoms with Crippen LogP contribution in [0.4, 0.5) is 5.13 Å². The fourth-order valence-electron chi connectivity index (χ4n) is 2.93. The van der Waals surface area contributed by atoms with E-state index in [2.05, 4.69) is 53.6 Å². The third-order valence-corrected chi connectivity index (χ3v) is 8.46. The molecule has 0 aliphatic carbocycles. The highest BCUT2D eigenvalue weighted by Gasteiger charge is 2.18. The highest BCUT2D eigenvalue weighted by molar-refractivity contribution is 8.19. The first-order valence-electron chi connectivity index (χ1n) is 9.42. The Hall–Kier alpha value is -1.96. The predicted octanol–water partition coefficient (Wildman–Crippen LogP) is 5.54. The fourth-order valence-corrected chi connectivity index (χ4v) is 6.65. The van der Waals surface area contributed by atoms with Gasteiger partial charge in [-0.1, -0.05) is 42.0 Å². The van der Waals surface area contributed by atoms with Crippen LogP contribution in [-0.2, 0) is 11.2 Å². The molecule has 1 aliphatic heterocycles. The second kappa shape index (κ2) is 9.69. The molecule has 3 aromatic rings. The molecule has 150 valence electrons. The molecule has 7 heteroatoms. The van der Waals surface area contributed by atoms with Crippen LogP contribution < -0.4 is 10.1 Å². The molecule has 4 nitrogen and oxygen atoms in total. The van der Waals surface area contributed by atoms with Gasteiger partial charge in [0.2, 0.25) is 0 Å². The number of anilines is 1. The van der Waals surface area contributed by atoms with Crippen molar-refractivity contribution in [3.63, 3.8) is 0 Å². The molecule has 1 aliphatic rings. The first kappa shape index (κ1) is 20.3. The standard InChI is InChI=1S/C22H22N2O2S3/c1-15-2-4-16(5-3-15)12-19-13-23-22(29-19)24-20(25)14-26-18-8-6-17(7-9-18)21-27-10-11-28-21/h2-9,13,21H,10-12,14H2,1H3,(H,23,24,25). The molecule has 1 fully saturated rings. The summed E-state index contributed by atoms with van der Waals surface area (Å²) < 4.78 is 6.14. The predicted molar refractivity (Wildman–Crippen MR) is 124 cm³/mol. The van der Waals surface area contributed by atoms with Crippen molar-refractivity contribution in [1.29, 1.82) is 0 Å². The minimum atomic E-state index is -0.202. The molecule has 0 unspecified atom stereocenters. The van der Waals surface area contributed by atoms with Crippen LogP contribution in [0.1, 0.15) is 26.1 Å². The van der Waals surface area contributed by atoms with E-state index in [0.717, 1.165) is 11.3 Å². The van der Waals surface area contributed by atoms with E-state index >= 15 is 0 Å². The summed E-state index contributed by atoms with van der Waals surface area (Å²) in [7, 11) is 0. The Balaban J connectivity index is 1.25. The summed E-state index contributed by atoms with van der Waals surface area (Å²) in [5.41, 5.74) is 3.79. The number of hydrogen-bond donors (Lipinski definition) is 1. The number of ether oxygens (including phenoxy) is 1. The molecule has 2 aromatic carbocycles. The Bertz CT molecular complexity index is 949. The first-order valence-corrected chi connectivity index (χ1v) is 12.3. The molecule has 1 N–H and O–H groups in total. The number of thioether (sulfide) groups is 2. The zero-order valence-corrected chi connectivity index (χ0v) is 18.5. The number of rotatable bonds is 7. The van der Waals surface area contributed by atoms with Crippen molar-refractivity contribution in [2.75, 3.05) is 23.4 Å². The summed E-state index contributed by atoms with van der Waals surface area (Å²) in [6.45, 7) is 2.05. The van der Waals surface area contributed by atoms with E-state index in [-0.39, 0.29) is 12.5 Å². The van der Waals surface area contributed by atoms with Crippen molar-refractivity contribution < 1.29 is 9.53 Å². The molecular formula is C22H22N2O2S3. The lowest BCUT2D eigenvalue weighted by atomic mass is 10.1. The zero-order valence-electron chi connectivity index (χ0n) is 16.1. The monoisotopic (exact) mass is 442 g/mol. The van der Waals surface area contributed by atoms with Gasteiger partial charge in [0.25, 0.3) is 5.91 Å². The lowest BCUT2D eigenvalue weighted by Crippen LogP contribution is -2.19. The van der Waals surface area contributed by atoms with Gasteiger partial charge in [0, 0.05) is 29.0 Å². The van der Waals surface area contributed by atoms with Gasteiger partial charge in [0.05, 0.1) is 4.58 Å². The lowest BCUT2D eigenvalue weighted by Gasteiger charge is -2.10. The highest BCUT2D eigenvalue weighted by atomic mass is 32.2. The topological polar surface area (TPSA) is 51.2 Å². The lowest BCUT2D eigenvalue weighted by molar-refractivity contribution is -0.118. The number of thiazole rings is 1. The van der Waals surface area contributed by atoms with Gasteiger partial charge in [-0.15, -0.1) is 34.9 Å². The van der Waals surface area contributed by atoms with Gasteiger partial charge in [-0.2, -0.15) is 0 Å². The van der Waals surface area contributed by atoms with Crippen LogP contribution in [-0.4, -0.2) is 29.0 Å². The van der Waals surface area contributed by atoms with E-state index in [1.54, 1.807) is 0 Å². The summed E-state index contributed by atoms with van der Waals surface area (Å²) >= 11 is 5.45. The van der Waals surface area contributed by atoms with E-state index in [9.17, 15) is 4.79 Å². The van der Waals surface area contributed by atoms with Gasteiger partial charge < -0.3 is 4.74 Å². The van der Waals surface area contributed by atoms with Gasteiger partial charge in [0.1, 0.15) is 5.75 Å². The van der Waals surface area contributed by atoms with E-state index < -0.39 is 0 Å². The number of aryl methyl sites for hydroxylation is 1. The molecular weight excluding hydrogens is 420 g/mol. The van der Waals surface area contributed by atoms with E-state index in [0.29, 0.717) is 15.5 Å². The molecule has 2 heterocycles. The summed E-state index contributed by atoms with van der Waals surface area (Å²) in [6, 6.07) is 16.5. The summed E-state index contributed by atoms with van der Waals surface area (Å²) in [5, 5.41) is 3.42.